The van der Waals surface area contributed by atoms with Crippen molar-refractivity contribution in [1.29, 1.82) is 0 Å². The third-order valence-electron chi connectivity index (χ3n) is 3.99. The summed E-state index contributed by atoms with van der Waals surface area (Å²) in [6.45, 7) is 0.352. The molecule has 1 aromatic rings. The molecular formula is C17H22Cl2N2O3. The predicted octanol–water partition coefficient (Wildman–Crippen LogP) is 3.88. The van der Waals surface area contributed by atoms with Crippen LogP contribution in [0, 0.1) is 5.92 Å². The number of hydrazine groups is 1. The van der Waals surface area contributed by atoms with E-state index < -0.39 is 0 Å². The van der Waals surface area contributed by atoms with E-state index in [0.717, 1.165) is 12.8 Å². The van der Waals surface area contributed by atoms with Crippen molar-refractivity contribution in [1.82, 2.24) is 10.9 Å². The molecule has 0 unspecified atom stereocenters. The molecule has 0 bridgehead atoms. The van der Waals surface area contributed by atoms with E-state index in [2.05, 4.69) is 10.9 Å². The lowest BCUT2D eigenvalue weighted by atomic mass is 10.0. The summed E-state index contributed by atoms with van der Waals surface area (Å²) in [5.74, 6) is 0.630. The lowest BCUT2D eigenvalue weighted by molar-refractivity contribution is -0.129. The van der Waals surface area contributed by atoms with E-state index in [0.29, 0.717) is 41.2 Å². The summed E-state index contributed by atoms with van der Waals surface area (Å²) in [6.07, 6.45) is 5.86. The molecule has 0 aromatic heterocycles. The zero-order valence-electron chi connectivity index (χ0n) is 13.4. The number of nitrogens with one attached hydrogen (secondary N) is 2. The standard InChI is InChI=1S/C17H22Cl2N2O3/c18-13-7-8-15(14(19)11-13)24-9-3-6-16(22)20-21-17(23)10-12-4-1-2-5-12/h7-8,11-12H,1-6,9-10H2,(H,20,22)(H,21,23). The third-order valence-corrected chi connectivity index (χ3v) is 4.52. The molecule has 0 atom stereocenters. The van der Waals surface area contributed by atoms with Crippen molar-refractivity contribution in [2.75, 3.05) is 6.61 Å². The molecule has 0 aliphatic heterocycles. The Labute approximate surface area is 152 Å². The molecule has 24 heavy (non-hydrogen) atoms. The minimum atomic E-state index is -0.236. The maximum Gasteiger partial charge on any atom is 0.238 e. The predicted molar refractivity (Wildman–Crippen MR) is 94.1 cm³/mol. The third kappa shape index (κ3) is 6.57. The lowest BCUT2D eigenvalue weighted by Gasteiger charge is -2.11. The van der Waals surface area contributed by atoms with Crippen LogP contribution in [0.5, 0.6) is 5.75 Å². The van der Waals surface area contributed by atoms with Crippen molar-refractivity contribution in [3.05, 3.63) is 28.2 Å². The van der Waals surface area contributed by atoms with Crippen LogP contribution in [0.4, 0.5) is 0 Å². The second kappa shape index (κ2) is 9.74. The summed E-state index contributed by atoms with van der Waals surface area (Å²) in [7, 11) is 0. The number of carbonyl (C=O) groups is 2. The smallest absolute Gasteiger partial charge is 0.238 e. The summed E-state index contributed by atoms with van der Waals surface area (Å²) < 4.78 is 5.50. The molecular weight excluding hydrogens is 351 g/mol. The lowest BCUT2D eigenvalue weighted by Crippen LogP contribution is -2.42. The van der Waals surface area contributed by atoms with Gasteiger partial charge in [-0.15, -0.1) is 0 Å². The summed E-state index contributed by atoms with van der Waals surface area (Å²) in [5.41, 5.74) is 4.90. The van der Waals surface area contributed by atoms with Gasteiger partial charge in [0.05, 0.1) is 11.6 Å². The van der Waals surface area contributed by atoms with Gasteiger partial charge in [-0.3, -0.25) is 20.4 Å². The molecule has 2 N–H and O–H groups in total. The molecule has 1 aromatic carbocycles. The Kier molecular flexibility index (Phi) is 7.66. The average molecular weight is 373 g/mol. The maximum absolute atomic E-state index is 11.7. The van der Waals surface area contributed by atoms with Gasteiger partial charge in [-0.05, 0) is 43.4 Å². The van der Waals surface area contributed by atoms with Crippen LogP contribution in [-0.2, 0) is 9.59 Å². The molecule has 1 aliphatic rings. The van der Waals surface area contributed by atoms with Gasteiger partial charge < -0.3 is 4.74 Å². The van der Waals surface area contributed by atoms with Gasteiger partial charge in [-0.1, -0.05) is 36.0 Å². The summed E-state index contributed by atoms with van der Waals surface area (Å²) in [6, 6.07) is 4.98. The van der Waals surface area contributed by atoms with E-state index in [1.54, 1.807) is 18.2 Å². The Bertz CT molecular complexity index is 575. The van der Waals surface area contributed by atoms with E-state index in [1.807, 2.05) is 0 Å². The van der Waals surface area contributed by atoms with Gasteiger partial charge in [0, 0.05) is 17.9 Å². The first-order valence-corrected chi connectivity index (χ1v) is 8.95. The van der Waals surface area contributed by atoms with Crippen molar-refractivity contribution in [2.45, 2.75) is 44.9 Å². The number of rotatable bonds is 7. The molecule has 2 rings (SSSR count). The highest BCUT2D eigenvalue weighted by Gasteiger charge is 2.18. The molecule has 2 amide bonds. The first-order valence-electron chi connectivity index (χ1n) is 8.20. The molecule has 0 saturated heterocycles. The van der Waals surface area contributed by atoms with E-state index in [1.165, 1.54) is 12.8 Å². The Morgan fingerprint density at radius 1 is 1.12 bits per heavy atom. The highest BCUT2D eigenvalue weighted by molar-refractivity contribution is 6.35. The largest absolute Gasteiger partial charge is 0.492 e. The minimum Gasteiger partial charge on any atom is -0.492 e. The Morgan fingerprint density at radius 3 is 2.54 bits per heavy atom. The molecule has 0 spiro atoms. The highest BCUT2D eigenvalue weighted by Crippen LogP contribution is 2.28. The van der Waals surface area contributed by atoms with Gasteiger partial charge in [0.2, 0.25) is 11.8 Å². The SMILES string of the molecule is O=C(CCCOc1ccc(Cl)cc1Cl)NNC(=O)CC1CCCC1. The van der Waals surface area contributed by atoms with Crippen LogP contribution in [0.25, 0.3) is 0 Å². The van der Waals surface area contributed by atoms with Crippen LogP contribution < -0.4 is 15.6 Å². The monoisotopic (exact) mass is 372 g/mol. The van der Waals surface area contributed by atoms with E-state index in [4.69, 9.17) is 27.9 Å². The van der Waals surface area contributed by atoms with E-state index in [-0.39, 0.29) is 18.2 Å². The molecule has 0 heterocycles. The van der Waals surface area contributed by atoms with Crippen molar-refractivity contribution in [2.24, 2.45) is 5.92 Å². The fourth-order valence-electron chi connectivity index (χ4n) is 2.74. The number of benzene rings is 1. The molecule has 1 fully saturated rings. The topological polar surface area (TPSA) is 67.4 Å². The summed E-state index contributed by atoms with van der Waals surface area (Å²) >= 11 is 11.8. The van der Waals surface area contributed by atoms with Gasteiger partial charge in [-0.25, -0.2) is 0 Å². The number of hydrogen-bond acceptors (Lipinski definition) is 3. The summed E-state index contributed by atoms with van der Waals surface area (Å²) in [4.78, 5) is 23.4. The normalized spacial score (nSPS) is 14.4. The Morgan fingerprint density at radius 2 is 1.83 bits per heavy atom. The van der Waals surface area contributed by atoms with Crippen LogP contribution in [-0.4, -0.2) is 18.4 Å². The van der Waals surface area contributed by atoms with E-state index >= 15 is 0 Å². The number of carbonyl (C=O) groups excluding carboxylic acids is 2. The second-order valence-corrected chi connectivity index (χ2v) is 6.82. The molecule has 7 heteroatoms. The molecule has 132 valence electrons. The van der Waals surface area contributed by atoms with Crippen LogP contribution >= 0.6 is 23.2 Å². The average Bonchev–Trinajstić information content (AvgIpc) is 3.04. The maximum atomic E-state index is 11.7. The molecule has 1 aliphatic carbocycles. The zero-order valence-corrected chi connectivity index (χ0v) is 15.0. The molecule has 1 saturated carbocycles. The quantitative estimate of drug-likeness (QED) is 0.563. The van der Waals surface area contributed by atoms with Crippen molar-refractivity contribution >= 4 is 35.0 Å². The fraction of sp³-hybridized carbons (Fsp3) is 0.529. The highest BCUT2D eigenvalue weighted by atomic mass is 35.5. The summed E-state index contributed by atoms with van der Waals surface area (Å²) in [5, 5.41) is 0.978. The molecule has 5 nitrogen and oxygen atoms in total. The van der Waals surface area contributed by atoms with Crippen LogP contribution in [0.2, 0.25) is 10.0 Å². The Balaban J connectivity index is 1.56. The zero-order chi connectivity index (χ0) is 17.4. The Hall–Kier alpha value is -1.46. The van der Waals surface area contributed by atoms with Crippen LogP contribution in [0.1, 0.15) is 44.9 Å². The van der Waals surface area contributed by atoms with Crippen LogP contribution in [0.15, 0.2) is 18.2 Å². The number of amides is 2. The van der Waals surface area contributed by atoms with Gasteiger partial charge in [0.25, 0.3) is 0 Å². The van der Waals surface area contributed by atoms with Crippen molar-refractivity contribution in [3.63, 3.8) is 0 Å². The number of hydrogen-bond donors (Lipinski definition) is 2. The first-order chi connectivity index (χ1) is 11.5. The number of ether oxygens (including phenoxy) is 1. The van der Waals surface area contributed by atoms with Gasteiger partial charge >= 0.3 is 0 Å². The van der Waals surface area contributed by atoms with Gasteiger partial charge in [0.15, 0.2) is 0 Å². The first kappa shape index (κ1) is 18.9. The van der Waals surface area contributed by atoms with E-state index in [9.17, 15) is 9.59 Å². The van der Waals surface area contributed by atoms with Gasteiger partial charge in [0.1, 0.15) is 5.75 Å². The fourth-order valence-corrected chi connectivity index (χ4v) is 3.20. The second-order valence-electron chi connectivity index (χ2n) is 5.98. The van der Waals surface area contributed by atoms with Crippen molar-refractivity contribution < 1.29 is 14.3 Å². The van der Waals surface area contributed by atoms with Crippen LogP contribution in [0.3, 0.4) is 0 Å². The van der Waals surface area contributed by atoms with Crippen molar-refractivity contribution in [3.8, 4) is 5.75 Å². The number of halogens is 2. The minimum absolute atomic E-state index is 0.126. The molecule has 0 radical (unpaired) electrons. The van der Waals surface area contributed by atoms with Gasteiger partial charge in [-0.2, -0.15) is 0 Å².